The van der Waals surface area contributed by atoms with E-state index in [1.165, 1.54) is 26.8 Å². The summed E-state index contributed by atoms with van der Waals surface area (Å²) in [6.07, 6.45) is 0. The summed E-state index contributed by atoms with van der Waals surface area (Å²) >= 11 is 1.80. The number of hydrogen-bond acceptors (Lipinski definition) is 3. The Hall–Kier alpha value is -1.84. The molecule has 3 heteroatoms. The highest BCUT2D eigenvalue weighted by molar-refractivity contribution is 7.10. The molecule has 0 fully saturated rings. The van der Waals surface area contributed by atoms with Crippen molar-refractivity contribution in [2.75, 3.05) is 14.2 Å². The van der Waals surface area contributed by atoms with E-state index in [-0.39, 0.29) is 0 Å². The van der Waals surface area contributed by atoms with Crippen molar-refractivity contribution in [3.8, 4) is 16.9 Å². The van der Waals surface area contributed by atoms with E-state index < -0.39 is 0 Å². The first-order valence-corrected chi connectivity index (χ1v) is 7.48. The fourth-order valence-corrected chi connectivity index (χ4v) is 3.23. The number of thiophene rings is 1. The van der Waals surface area contributed by atoms with Crippen molar-refractivity contribution in [1.29, 1.82) is 0 Å². The van der Waals surface area contributed by atoms with Gasteiger partial charge >= 0.3 is 0 Å². The Labute approximate surface area is 123 Å². The Morgan fingerprint density at radius 1 is 1.00 bits per heavy atom. The minimum atomic E-state index is 0.900. The SMILES string of the molecule is CNCc1cc(-c2ccc3cc(OC)ccc3c2)cs1. The lowest BCUT2D eigenvalue weighted by atomic mass is 10.0. The number of hydrogen-bond donors (Lipinski definition) is 1. The highest BCUT2D eigenvalue weighted by Crippen LogP contribution is 2.29. The van der Waals surface area contributed by atoms with Crippen LogP contribution in [0.5, 0.6) is 5.75 Å². The number of benzene rings is 2. The summed E-state index contributed by atoms with van der Waals surface area (Å²) in [5.74, 6) is 0.900. The predicted octanol–water partition coefficient (Wildman–Crippen LogP) is 4.30. The highest BCUT2D eigenvalue weighted by atomic mass is 32.1. The van der Waals surface area contributed by atoms with Gasteiger partial charge in [0.1, 0.15) is 5.75 Å². The third-order valence-electron chi connectivity index (χ3n) is 3.39. The van der Waals surface area contributed by atoms with Crippen LogP contribution in [0.1, 0.15) is 4.88 Å². The molecule has 0 saturated carbocycles. The lowest BCUT2D eigenvalue weighted by Crippen LogP contribution is -2.02. The molecule has 3 rings (SSSR count). The van der Waals surface area contributed by atoms with Gasteiger partial charge in [-0.05, 0) is 58.6 Å². The molecular formula is C17H17NOS. The Kier molecular flexibility index (Phi) is 3.72. The maximum Gasteiger partial charge on any atom is 0.119 e. The van der Waals surface area contributed by atoms with Gasteiger partial charge in [0.2, 0.25) is 0 Å². The van der Waals surface area contributed by atoms with Gasteiger partial charge in [-0.25, -0.2) is 0 Å². The van der Waals surface area contributed by atoms with Crippen molar-refractivity contribution in [2.24, 2.45) is 0 Å². The second kappa shape index (κ2) is 5.65. The van der Waals surface area contributed by atoms with Crippen LogP contribution in [0, 0.1) is 0 Å². The van der Waals surface area contributed by atoms with Crippen LogP contribution in [-0.4, -0.2) is 14.2 Å². The molecule has 0 aliphatic rings. The van der Waals surface area contributed by atoms with E-state index in [1.807, 2.05) is 13.1 Å². The molecule has 0 amide bonds. The van der Waals surface area contributed by atoms with E-state index in [2.05, 4.69) is 47.1 Å². The van der Waals surface area contributed by atoms with E-state index in [9.17, 15) is 0 Å². The van der Waals surface area contributed by atoms with Crippen LogP contribution in [0.25, 0.3) is 21.9 Å². The van der Waals surface area contributed by atoms with Gasteiger partial charge in [0.05, 0.1) is 7.11 Å². The number of fused-ring (bicyclic) bond motifs is 1. The Balaban J connectivity index is 1.99. The van der Waals surface area contributed by atoms with Crippen LogP contribution >= 0.6 is 11.3 Å². The van der Waals surface area contributed by atoms with E-state index in [1.54, 1.807) is 18.4 Å². The lowest BCUT2D eigenvalue weighted by molar-refractivity contribution is 0.415. The lowest BCUT2D eigenvalue weighted by Gasteiger charge is -2.04. The summed E-state index contributed by atoms with van der Waals surface area (Å²) in [5, 5.41) is 7.85. The van der Waals surface area contributed by atoms with Crippen LogP contribution in [0.4, 0.5) is 0 Å². The number of nitrogens with one attached hydrogen (secondary N) is 1. The van der Waals surface area contributed by atoms with Gasteiger partial charge in [-0.1, -0.05) is 18.2 Å². The summed E-state index contributed by atoms with van der Waals surface area (Å²) in [7, 11) is 3.67. The maximum absolute atomic E-state index is 5.26. The molecule has 2 nitrogen and oxygen atoms in total. The fourth-order valence-electron chi connectivity index (χ4n) is 2.33. The topological polar surface area (TPSA) is 21.3 Å². The molecule has 0 saturated heterocycles. The predicted molar refractivity (Wildman–Crippen MR) is 86.6 cm³/mol. The molecule has 3 aromatic rings. The average Bonchev–Trinajstić information content (AvgIpc) is 2.95. The molecule has 0 aliphatic carbocycles. The molecule has 0 unspecified atom stereocenters. The standard InChI is InChI=1S/C17H17NOS/c1-18-10-17-9-15(11-20-17)13-3-4-14-8-16(19-2)6-5-12(14)7-13/h3-9,11,18H,10H2,1-2H3. The molecule has 20 heavy (non-hydrogen) atoms. The zero-order chi connectivity index (χ0) is 13.9. The van der Waals surface area contributed by atoms with Gasteiger partial charge in [-0.3, -0.25) is 0 Å². The molecule has 102 valence electrons. The minimum absolute atomic E-state index is 0.900. The maximum atomic E-state index is 5.26. The van der Waals surface area contributed by atoms with Crippen molar-refractivity contribution in [3.63, 3.8) is 0 Å². The quantitative estimate of drug-likeness (QED) is 0.771. The van der Waals surface area contributed by atoms with Crippen molar-refractivity contribution in [3.05, 3.63) is 52.7 Å². The van der Waals surface area contributed by atoms with Crippen molar-refractivity contribution in [1.82, 2.24) is 5.32 Å². The Morgan fingerprint density at radius 2 is 1.80 bits per heavy atom. The van der Waals surface area contributed by atoms with E-state index in [4.69, 9.17) is 4.74 Å². The summed E-state index contributed by atoms with van der Waals surface area (Å²) in [6, 6.07) is 15.0. The average molecular weight is 283 g/mol. The van der Waals surface area contributed by atoms with Gasteiger partial charge in [0.15, 0.2) is 0 Å². The molecule has 0 atom stereocenters. The van der Waals surface area contributed by atoms with Crippen LogP contribution in [0.15, 0.2) is 47.8 Å². The monoisotopic (exact) mass is 283 g/mol. The summed E-state index contributed by atoms with van der Waals surface area (Å²) < 4.78 is 5.26. The first kappa shape index (κ1) is 13.2. The van der Waals surface area contributed by atoms with Crippen molar-refractivity contribution < 1.29 is 4.74 Å². The minimum Gasteiger partial charge on any atom is -0.497 e. The fraction of sp³-hybridized carbons (Fsp3) is 0.176. The molecule has 1 aromatic heterocycles. The van der Waals surface area contributed by atoms with Gasteiger partial charge in [0.25, 0.3) is 0 Å². The smallest absolute Gasteiger partial charge is 0.119 e. The molecule has 1 heterocycles. The van der Waals surface area contributed by atoms with Gasteiger partial charge in [0, 0.05) is 11.4 Å². The van der Waals surface area contributed by atoms with Gasteiger partial charge in [-0.2, -0.15) is 0 Å². The van der Waals surface area contributed by atoms with E-state index in [0.717, 1.165) is 12.3 Å². The van der Waals surface area contributed by atoms with Crippen LogP contribution < -0.4 is 10.1 Å². The largest absolute Gasteiger partial charge is 0.497 e. The van der Waals surface area contributed by atoms with Gasteiger partial charge < -0.3 is 10.1 Å². The molecule has 0 radical (unpaired) electrons. The van der Waals surface area contributed by atoms with Crippen LogP contribution in [0.3, 0.4) is 0 Å². The van der Waals surface area contributed by atoms with Crippen LogP contribution in [0.2, 0.25) is 0 Å². The number of ether oxygens (including phenoxy) is 1. The zero-order valence-electron chi connectivity index (χ0n) is 11.6. The molecule has 1 N–H and O–H groups in total. The zero-order valence-corrected chi connectivity index (χ0v) is 12.5. The molecule has 2 aromatic carbocycles. The summed E-state index contributed by atoms with van der Waals surface area (Å²) in [4.78, 5) is 1.36. The molecule has 0 aliphatic heterocycles. The first-order valence-electron chi connectivity index (χ1n) is 6.60. The number of methoxy groups -OCH3 is 1. The summed E-state index contributed by atoms with van der Waals surface area (Å²) in [5.41, 5.74) is 2.55. The molecular weight excluding hydrogens is 266 g/mol. The first-order chi connectivity index (χ1) is 9.80. The highest BCUT2D eigenvalue weighted by Gasteiger charge is 2.04. The van der Waals surface area contributed by atoms with Crippen molar-refractivity contribution >= 4 is 22.1 Å². The Bertz CT molecular complexity index is 733. The second-order valence-corrected chi connectivity index (χ2v) is 5.76. The van der Waals surface area contributed by atoms with E-state index >= 15 is 0 Å². The molecule has 0 spiro atoms. The number of rotatable bonds is 4. The third-order valence-corrected chi connectivity index (χ3v) is 4.32. The second-order valence-electron chi connectivity index (χ2n) is 4.76. The third kappa shape index (κ3) is 2.55. The molecule has 0 bridgehead atoms. The normalized spacial score (nSPS) is 10.9. The van der Waals surface area contributed by atoms with E-state index in [0.29, 0.717) is 0 Å². The van der Waals surface area contributed by atoms with Gasteiger partial charge in [-0.15, -0.1) is 11.3 Å². The Morgan fingerprint density at radius 3 is 2.60 bits per heavy atom. The van der Waals surface area contributed by atoms with Crippen molar-refractivity contribution in [2.45, 2.75) is 6.54 Å². The summed E-state index contributed by atoms with van der Waals surface area (Å²) in [6.45, 7) is 0.926. The van der Waals surface area contributed by atoms with Crippen LogP contribution in [-0.2, 0) is 6.54 Å².